The molecule has 2 aromatic carbocycles. The maximum Gasteiger partial charge on any atom is 0.311 e. The van der Waals surface area contributed by atoms with Crippen LogP contribution in [0.4, 0.5) is 0 Å². The van der Waals surface area contributed by atoms with Gasteiger partial charge < -0.3 is 5.11 Å². The highest BCUT2D eigenvalue weighted by Crippen LogP contribution is 2.24. The summed E-state index contributed by atoms with van der Waals surface area (Å²) in [5.74, 6) is -1.37. The summed E-state index contributed by atoms with van der Waals surface area (Å²) in [6.07, 6.45) is 0.453. The third-order valence-electron chi connectivity index (χ3n) is 2.92. The lowest BCUT2D eigenvalue weighted by atomic mass is 9.92. The van der Waals surface area contributed by atoms with E-state index in [0.29, 0.717) is 11.4 Å². The van der Waals surface area contributed by atoms with Crippen LogP contribution in [-0.2, 0) is 11.2 Å². The molecule has 0 saturated carbocycles. The van der Waals surface area contributed by atoms with Gasteiger partial charge in [-0.1, -0.05) is 51.8 Å². The minimum atomic E-state index is -0.822. The van der Waals surface area contributed by atoms with Crippen molar-refractivity contribution in [3.8, 4) is 0 Å². The van der Waals surface area contributed by atoms with Crippen LogP contribution < -0.4 is 0 Å². The Labute approximate surface area is 125 Å². The first-order chi connectivity index (χ1) is 9.06. The van der Waals surface area contributed by atoms with Crippen molar-refractivity contribution in [3.63, 3.8) is 0 Å². The smallest absolute Gasteiger partial charge is 0.311 e. The number of hydrogen-bond donors (Lipinski definition) is 1. The predicted molar refractivity (Wildman–Crippen MR) is 79.7 cm³/mol. The Morgan fingerprint density at radius 3 is 2.21 bits per heavy atom. The van der Waals surface area contributed by atoms with E-state index in [0.717, 1.165) is 15.6 Å². The van der Waals surface area contributed by atoms with Crippen molar-refractivity contribution >= 4 is 33.5 Å². The Balaban J connectivity index is 2.23. The molecule has 2 rings (SSSR count). The summed E-state index contributed by atoms with van der Waals surface area (Å²) in [6.45, 7) is 0. The van der Waals surface area contributed by atoms with Crippen molar-refractivity contribution in [1.29, 1.82) is 0 Å². The van der Waals surface area contributed by atoms with E-state index >= 15 is 0 Å². The van der Waals surface area contributed by atoms with Gasteiger partial charge in [-0.15, -0.1) is 0 Å². The Hall–Kier alpha value is -1.32. The number of benzene rings is 2. The molecule has 2 aromatic rings. The Morgan fingerprint density at radius 2 is 1.68 bits per heavy atom. The van der Waals surface area contributed by atoms with E-state index in [-0.39, 0.29) is 0 Å². The highest BCUT2D eigenvalue weighted by atomic mass is 79.9. The molecule has 2 nitrogen and oxygen atoms in total. The first kappa shape index (κ1) is 14.1. The number of halogens is 2. The Bertz CT molecular complexity index is 564. The Kier molecular flexibility index (Phi) is 4.61. The van der Waals surface area contributed by atoms with Gasteiger partial charge in [0, 0.05) is 9.50 Å². The van der Waals surface area contributed by atoms with Crippen LogP contribution in [0, 0.1) is 0 Å². The molecular weight excluding hydrogens is 328 g/mol. The van der Waals surface area contributed by atoms with Crippen molar-refractivity contribution in [2.45, 2.75) is 12.3 Å². The number of carboxylic acid groups (broad SMARTS) is 1. The van der Waals surface area contributed by atoms with Crippen molar-refractivity contribution in [1.82, 2.24) is 0 Å². The van der Waals surface area contributed by atoms with Gasteiger partial charge in [-0.3, -0.25) is 4.79 Å². The molecule has 0 amide bonds. The molecule has 0 heterocycles. The molecule has 0 bridgehead atoms. The summed E-state index contributed by atoms with van der Waals surface area (Å²) >= 11 is 9.17. The summed E-state index contributed by atoms with van der Waals surface area (Å²) in [5, 5.41) is 10.0. The van der Waals surface area contributed by atoms with Crippen LogP contribution in [0.25, 0.3) is 0 Å². The molecule has 0 aromatic heterocycles. The normalized spacial score (nSPS) is 12.1. The second kappa shape index (κ2) is 6.22. The van der Waals surface area contributed by atoms with Crippen LogP contribution >= 0.6 is 27.5 Å². The third kappa shape index (κ3) is 3.82. The van der Waals surface area contributed by atoms with Crippen molar-refractivity contribution < 1.29 is 9.90 Å². The van der Waals surface area contributed by atoms with Gasteiger partial charge in [0.05, 0.1) is 5.92 Å². The number of carbonyl (C=O) groups is 1. The molecule has 0 fully saturated rings. The lowest BCUT2D eigenvalue weighted by molar-refractivity contribution is -0.138. The molecule has 19 heavy (non-hydrogen) atoms. The van der Waals surface area contributed by atoms with Gasteiger partial charge in [-0.05, 0) is 41.8 Å². The standard InChI is InChI=1S/C15H12BrClO2/c16-12-5-3-11(4-6-12)14(15(18)19)9-10-1-7-13(17)8-2-10/h1-8,14H,9H2,(H,18,19). The van der Waals surface area contributed by atoms with Gasteiger partial charge in [0.15, 0.2) is 0 Å². The highest BCUT2D eigenvalue weighted by Gasteiger charge is 2.20. The van der Waals surface area contributed by atoms with Crippen LogP contribution in [0.1, 0.15) is 17.0 Å². The molecule has 0 aliphatic heterocycles. The fraction of sp³-hybridized carbons (Fsp3) is 0.133. The summed E-state index contributed by atoms with van der Waals surface area (Å²) in [4.78, 5) is 11.4. The fourth-order valence-electron chi connectivity index (χ4n) is 1.90. The maximum atomic E-state index is 11.4. The van der Waals surface area contributed by atoms with Crippen LogP contribution in [0.15, 0.2) is 53.0 Å². The zero-order valence-corrected chi connectivity index (χ0v) is 12.4. The summed E-state index contributed by atoms with van der Waals surface area (Å²) in [5.41, 5.74) is 1.75. The summed E-state index contributed by atoms with van der Waals surface area (Å²) in [6, 6.07) is 14.6. The van der Waals surface area contributed by atoms with E-state index in [1.54, 1.807) is 12.1 Å². The molecule has 0 saturated heterocycles. The SMILES string of the molecule is O=C(O)C(Cc1ccc(Cl)cc1)c1ccc(Br)cc1. The van der Waals surface area contributed by atoms with Crippen molar-refractivity contribution in [2.75, 3.05) is 0 Å². The quantitative estimate of drug-likeness (QED) is 0.889. The van der Waals surface area contributed by atoms with Crippen molar-refractivity contribution in [3.05, 3.63) is 69.2 Å². The van der Waals surface area contributed by atoms with E-state index in [4.69, 9.17) is 11.6 Å². The zero-order chi connectivity index (χ0) is 13.8. The molecule has 0 aliphatic rings. The largest absolute Gasteiger partial charge is 0.481 e. The first-order valence-electron chi connectivity index (χ1n) is 5.79. The second-order valence-corrected chi connectivity index (χ2v) is 5.63. The van der Waals surface area contributed by atoms with Crippen molar-refractivity contribution in [2.24, 2.45) is 0 Å². The van der Waals surface area contributed by atoms with E-state index < -0.39 is 11.9 Å². The molecule has 0 radical (unpaired) electrons. The van der Waals surface area contributed by atoms with Crippen LogP contribution in [0.2, 0.25) is 5.02 Å². The minimum absolute atomic E-state index is 0.453. The zero-order valence-electron chi connectivity index (χ0n) is 10.0. The van der Waals surface area contributed by atoms with Gasteiger partial charge in [0.1, 0.15) is 0 Å². The molecule has 0 spiro atoms. The van der Waals surface area contributed by atoms with E-state index in [1.165, 1.54) is 0 Å². The van der Waals surface area contributed by atoms with Gasteiger partial charge >= 0.3 is 5.97 Å². The van der Waals surface area contributed by atoms with Gasteiger partial charge in [-0.2, -0.15) is 0 Å². The number of carboxylic acids is 1. The predicted octanol–water partition coefficient (Wildman–Crippen LogP) is 4.51. The van der Waals surface area contributed by atoms with Gasteiger partial charge in [-0.25, -0.2) is 0 Å². The summed E-state index contributed by atoms with van der Waals surface area (Å²) < 4.78 is 0.937. The monoisotopic (exact) mass is 338 g/mol. The lowest BCUT2D eigenvalue weighted by Gasteiger charge is -2.13. The molecule has 4 heteroatoms. The molecule has 0 aliphatic carbocycles. The van der Waals surface area contributed by atoms with Crippen LogP contribution in [0.5, 0.6) is 0 Å². The average molecular weight is 340 g/mol. The number of rotatable bonds is 4. The third-order valence-corrected chi connectivity index (χ3v) is 3.70. The maximum absolute atomic E-state index is 11.4. The number of hydrogen-bond acceptors (Lipinski definition) is 1. The van der Waals surface area contributed by atoms with Gasteiger partial charge in [0.25, 0.3) is 0 Å². The molecular formula is C15H12BrClO2. The minimum Gasteiger partial charge on any atom is -0.481 e. The van der Waals surface area contributed by atoms with E-state index in [1.807, 2.05) is 36.4 Å². The Morgan fingerprint density at radius 1 is 1.11 bits per heavy atom. The molecule has 1 N–H and O–H groups in total. The average Bonchev–Trinajstić information content (AvgIpc) is 2.39. The first-order valence-corrected chi connectivity index (χ1v) is 6.96. The number of aliphatic carboxylic acids is 1. The summed E-state index contributed by atoms with van der Waals surface area (Å²) in [7, 11) is 0. The second-order valence-electron chi connectivity index (χ2n) is 4.27. The highest BCUT2D eigenvalue weighted by molar-refractivity contribution is 9.10. The fourth-order valence-corrected chi connectivity index (χ4v) is 2.29. The van der Waals surface area contributed by atoms with Gasteiger partial charge in [0.2, 0.25) is 0 Å². The molecule has 98 valence electrons. The van der Waals surface area contributed by atoms with E-state index in [9.17, 15) is 9.90 Å². The van der Waals surface area contributed by atoms with Crippen LogP contribution in [0.3, 0.4) is 0 Å². The molecule has 1 atom stereocenters. The van der Waals surface area contributed by atoms with Crippen LogP contribution in [-0.4, -0.2) is 11.1 Å². The lowest BCUT2D eigenvalue weighted by Crippen LogP contribution is -2.14. The van der Waals surface area contributed by atoms with E-state index in [2.05, 4.69) is 15.9 Å². The topological polar surface area (TPSA) is 37.3 Å². The molecule has 1 unspecified atom stereocenters.